The monoisotopic (exact) mass is 494 g/mol. The fourth-order valence-electron chi connectivity index (χ4n) is 2.77. The molecule has 152 valence electrons. The van der Waals surface area contributed by atoms with Crippen molar-refractivity contribution in [2.75, 3.05) is 26.3 Å². The molecule has 0 radical (unpaired) electrons. The van der Waals surface area contributed by atoms with Crippen molar-refractivity contribution >= 4 is 36.0 Å². The first-order valence-electron chi connectivity index (χ1n) is 8.92. The average Bonchev–Trinajstić information content (AvgIpc) is 2.63. The van der Waals surface area contributed by atoms with E-state index in [4.69, 9.17) is 15.2 Å². The maximum Gasteiger partial charge on any atom is 0.409 e. The zero-order valence-corrected chi connectivity index (χ0v) is 18.1. The summed E-state index contributed by atoms with van der Waals surface area (Å²) in [6, 6.07) is 4.92. The van der Waals surface area contributed by atoms with E-state index in [1.54, 1.807) is 30.9 Å². The zero-order chi connectivity index (χ0) is 18.9. The summed E-state index contributed by atoms with van der Waals surface area (Å²) in [4.78, 5) is 17.6. The number of nitrogens with zero attached hydrogens (tertiary/aromatic N) is 2. The fraction of sp³-hybridized carbons (Fsp3) is 0.556. The molecule has 0 unspecified atom stereocenters. The van der Waals surface area contributed by atoms with Crippen molar-refractivity contribution in [2.45, 2.75) is 39.3 Å². The van der Waals surface area contributed by atoms with Gasteiger partial charge in [0.1, 0.15) is 0 Å². The van der Waals surface area contributed by atoms with Crippen LogP contribution in [0.3, 0.4) is 0 Å². The first-order valence-corrected chi connectivity index (χ1v) is 8.92. The van der Waals surface area contributed by atoms with E-state index in [1.165, 1.54) is 6.07 Å². The number of halogens is 2. The molecule has 1 aromatic rings. The van der Waals surface area contributed by atoms with Crippen LogP contribution in [-0.2, 0) is 11.3 Å². The number of hydrogen-bond donors (Lipinski definition) is 2. The van der Waals surface area contributed by atoms with Crippen LogP contribution in [0.4, 0.5) is 9.18 Å². The number of benzene rings is 1. The number of ether oxygens (including phenoxy) is 2. The molecular formula is C18H28FIN4O3. The first kappa shape index (κ1) is 23.3. The van der Waals surface area contributed by atoms with E-state index < -0.39 is 5.82 Å². The van der Waals surface area contributed by atoms with Crippen LogP contribution in [0.2, 0.25) is 0 Å². The number of carbonyl (C=O) groups excluding carboxylic acids is 1. The fourth-order valence-corrected chi connectivity index (χ4v) is 2.77. The van der Waals surface area contributed by atoms with Crippen LogP contribution in [0.25, 0.3) is 0 Å². The molecule has 1 saturated heterocycles. The summed E-state index contributed by atoms with van der Waals surface area (Å²) in [6.45, 7) is 5.91. The van der Waals surface area contributed by atoms with Gasteiger partial charge >= 0.3 is 6.09 Å². The van der Waals surface area contributed by atoms with Crippen molar-refractivity contribution in [3.05, 3.63) is 29.6 Å². The van der Waals surface area contributed by atoms with E-state index in [-0.39, 0.29) is 48.4 Å². The van der Waals surface area contributed by atoms with Crippen LogP contribution in [0.15, 0.2) is 23.2 Å². The summed E-state index contributed by atoms with van der Waals surface area (Å²) in [5.41, 5.74) is 6.64. The lowest BCUT2D eigenvalue weighted by Gasteiger charge is -2.31. The molecular weight excluding hydrogens is 466 g/mol. The number of likely N-dealkylation sites (tertiary alicyclic amines) is 1. The largest absolute Gasteiger partial charge is 0.491 e. The van der Waals surface area contributed by atoms with E-state index in [0.29, 0.717) is 37.8 Å². The molecule has 1 fully saturated rings. The Morgan fingerprint density at radius 2 is 2.04 bits per heavy atom. The highest BCUT2D eigenvalue weighted by atomic mass is 127. The van der Waals surface area contributed by atoms with Gasteiger partial charge in [-0.15, -0.1) is 24.0 Å². The zero-order valence-electron chi connectivity index (χ0n) is 15.7. The molecule has 1 aliphatic heterocycles. The topological polar surface area (TPSA) is 89.2 Å². The summed E-state index contributed by atoms with van der Waals surface area (Å²) in [5.74, 6) is 0.144. The quantitative estimate of drug-likeness (QED) is 0.361. The summed E-state index contributed by atoms with van der Waals surface area (Å²) >= 11 is 0. The first-order chi connectivity index (χ1) is 12.5. The number of guanidine groups is 1. The molecule has 9 heteroatoms. The van der Waals surface area contributed by atoms with E-state index in [0.717, 1.165) is 12.8 Å². The number of amides is 1. The molecule has 0 atom stereocenters. The minimum absolute atomic E-state index is 0. The SMILES string of the molecule is CCOC(=O)N1CCC(NC(N)=NCc2ccc(OCC)c(F)c2)CC1.I. The second-order valence-electron chi connectivity index (χ2n) is 6.00. The summed E-state index contributed by atoms with van der Waals surface area (Å²) in [7, 11) is 0. The molecule has 0 aliphatic carbocycles. The number of aliphatic imine (C=N–C) groups is 1. The van der Waals surface area contributed by atoms with Crippen LogP contribution < -0.4 is 15.8 Å². The van der Waals surface area contributed by atoms with Crippen molar-refractivity contribution in [1.82, 2.24) is 10.2 Å². The maximum atomic E-state index is 13.8. The van der Waals surface area contributed by atoms with Crippen molar-refractivity contribution in [3.63, 3.8) is 0 Å². The van der Waals surface area contributed by atoms with Crippen molar-refractivity contribution in [3.8, 4) is 5.75 Å². The molecule has 1 amide bonds. The third-order valence-corrected chi connectivity index (χ3v) is 4.10. The summed E-state index contributed by atoms with van der Waals surface area (Å²) in [6.07, 6.45) is 1.27. The Balaban J connectivity index is 0.00000364. The predicted molar refractivity (Wildman–Crippen MR) is 113 cm³/mol. The Labute approximate surface area is 176 Å². The van der Waals surface area contributed by atoms with Gasteiger partial charge in [-0.3, -0.25) is 0 Å². The van der Waals surface area contributed by atoms with Crippen LogP contribution in [-0.4, -0.2) is 49.3 Å². The van der Waals surface area contributed by atoms with Gasteiger partial charge in [0.2, 0.25) is 0 Å². The van der Waals surface area contributed by atoms with Crippen molar-refractivity contribution < 1.29 is 18.7 Å². The molecule has 1 aromatic carbocycles. The number of rotatable bonds is 6. The lowest BCUT2D eigenvalue weighted by Crippen LogP contribution is -2.48. The minimum Gasteiger partial charge on any atom is -0.491 e. The van der Waals surface area contributed by atoms with Gasteiger partial charge in [0.15, 0.2) is 17.5 Å². The molecule has 0 aromatic heterocycles. The van der Waals surface area contributed by atoms with Crippen molar-refractivity contribution in [2.24, 2.45) is 10.7 Å². The summed E-state index contributed by atoms with van der Waals surface area (Å²) < 4.78 is 24.0. The number of nitrogens with two attached hydrogens (primary N) is 1. The average molecular weight is 494 g/mol. The minimum atomic E-state index is -0.405. The van der Waals surface area contributed by atoms with Crippen LogP contribution in [0.1, 0.15) is 32.3 Å². The van der Waals surface area contributed by atoms with Crippen LogP contribution >= 0.6 is 24.0 Å². The Hall–Kier alpha value is -1.78. The molecule has 1 heterocycles. The Morgan fingerprint density at radius 1 is 1.33 bits per heavy atom. The molecule has 3 N–H and O–H groups in total. The lowest BCUT2D eigenvalue weighted by molar-refractivity contribution is 0.0963. The van der Waals surface area contributed by atoms with Gasteiger partial charge in [0.05, 0.1) is 19.8 Å². The van der Waals surface area contributed by atoms with Gasteiger partial charge in [0, 0.05) is 19.1 Å². The van der Waals surface area contributed by atoms with Gasteiger partial charge < -0.3 is 25.4 Å². The third kappa shape index (κ3) is 7.39. The molecule has 1 aliphatic rings. The van der Waals surface area contributed by atoms with Gasteiger partial charge in [-0.2, -0.15) is 0 Å². The van der Waals surface area contributed by atoms with E-state index in [1.807, 2.05) is 0 Å². The van der Waals surface area contributed by atoms with Gasteiger partial charge in [-0.1, -0.05) is 6.07 Å². The summed E-state index contributed by atoms with van der Waals surface area (Å²) in [5, 5.41) is 3.16. The van der Waals surface area contributed by atoms with Crippen LogP contribution in [0.5, 0.6) is 5.75 Å². The Kier molecular flexibility index (Phi) is 10.2. The van der Waals surface area contributed by atoms with Gasteiger partial charge in [-0.25, -0.2) is 14.2 Å². The van der Waals surface area contributed by atoms with Gasteiger partial charge in [-0.05, 0) is 44.4 Å². The van der Waals surface area contributed by atoms with E-state index in [2.05, 4.69) is 10.3 Å². The highest BCUT2D eigenvalue weighted by molar-refractivity contribution is 14.0. The smallest absolute Gasteiger partial charge is 0.409 e. The second-order valence-corrected chi connectivity index (χ2v) is 6.00. The van der Waals surface area contributed by atoms with E-state index >= 15 is 0 Å². The Bertz CT molecular complexity index is 637. The molecule has 0 spiro atoms. The van der Waals surface area contributed by atoms with Crippen LogP contribution in [0, 0.1) is 5.82 Å². The Morgan fingerprint density at radius 3 is 2.63 bits per heavy atom. The molecule has 0 saturated carbocycles. The molecule has 27 heavy (non-hydrogen) atoms. The van der Waals surface area contributed by atoms with E-state index in [9.17, 15) is 9.18 Å². The number of hydrogen-bond acceptors (Lipinski definition) is 4. The maximum absolute atomic E-state index is 13.8. The highest BCUT2D eigenvalue weighted by Crippen LogP contribution is 2.18. The number of carbonyl (C=O) groups is 1. The molecule has 0 bridgehead atoms. The number of piperidine rings is 1. The normalized spacial score (nSPS) is 15.1. The third-order valence-electron chi connectivity index (χ3n) is 4.10. The highest BCUT2D eigenvalue weighted by Gasteiger charge is 2.23. The second kappa shape index (κ2) is 11.8. The van der Waals surface area contributed by atoms with Gasteiger partial charge in [0.25, 0.3) is 0 Å². The standard InChI is InChI=1S/C18H27FN4O3.HI/c1-3-25-16-6-5-13(11-15(16)19)12-21-17(20)22-14-7-9-23(10-8-14)18(24)26-4-2;/h5-6,11,14H,3-4,7-10,12H2,1-2H3,(H3,20,21,22);1H. The predicted octanol–water partition coefficient (Wildman–Crippen LogP) is 2.87. The van der Waals surface area contributed by atoms with Crippen molar-refractivity contribution in [1.29, 1.82) is 0 Å². The lowest BCUT2D eigenvalue weighted by atomic mass is 10.1. The molecule has 7 nitrogen and oxygen atoms in total. The molecule has 2 rings (SSSR count). The number of nitrogens with one attached hydrogen (secondary N) is 1.